The highest BCUT2D eigenvalue weighted by molar-refractivity contribution is 8.03. The Morgan fingerprint density at radius 3 is 3.00 bits per heavy atom. The van der Waals surface area contributed by atoms with Crippen molar-refractivity contribution in [3.8, 4) is 0 Å². The summed E-state index contributed by atoms with van der Waals surface area (Å²) in [5.41, 5.74) is 0.640. The van der Waals surface area contributed by atoms with Crippen LogP contribution in [0.1, 0.15) is 6.92 Å². The lowest BCUT2D eigenvalue weighted by atomic mass is 10.4. The van der Waals surface area contributed by atoms with Crippen LogP contribution in [-0.4, -0.2) is 29.3 Å². The first kappa shape index (κ1) is 11.6. The second-order valence-corrected chi connectivity index (χ2v) is 3.82. The lowest BCUT2D eigenvalue weighted by Gasteiger charge is -2.13. The van der Waals surface area contributed by atoms with E-state index in [1.54, 1.807) is 6.08 Å². The Bertz CT molecular complexity index is 335. The number of nitrogens with one attached hydrogen (secondary N) is 1. The fraction of sp³-hybridized carbons (Fsp3) is 0.333. The number of thioether (sulfide) groups is 1. The van der Waals surface area contributed by atoms with E-state index in [9.17, 15) is 9.59 Å². The van der Waals surface area contributed by atoms with Gasteiger partial charge in [-0.25, -0.2) is 4.79 Å². The molecule has 2 N–H and O–H groups in total. The second-order valence-electron chi connectivity index (χ2n) is 2.80. The number of allylic oxidation sites excluding steroid dienone is 1. The summed E-state index contributed by atoms with van der Waals surface area (Å²) in [5, 5.41) is 11.5. The monoisotopic (exact) mass is 229 g/mol. The van der Waals surface area contributed by atoms with Crippen LogP contribution in [0.25, 0.3) is 0 Å². The fourth-order valence-electron chi connectivity index (χ4n) is 0.948. The summed E-state index contributed by atoms with van der Waals surface area (Å²) in [7, 11) is 0. The highest BCUT2D eigenvalue weighted by Crippen LogP contribution is 2.23. The SMILES string of the molecule is CC(=O)NC1=CCSC(OCC(=O)O)=C1. The summed E-state index contributed by atoms with van der Waals surface area (Å²) in [6, 6.07) is 0. The number of carbonyl (C=O) groups excluding carboxylic acids is 1. The number of carbonyl (C=O) groups is 2. The molecule has 1 rings (SSSR count). The number of rotatable bonds is 4. The van der Waals surface area contributed by atoms with Gasteiger partial charge in [-0.2, -0.15) is 0 Å². The standard InChI is InChI=1S/C9H11NO4S/c1-6(11)10-7-2-3-15-9(4-7)14-5-8(12)13/h2,4H,3,5H2,1H3,(H,10,11)(H,12,13). The quantitative estimate of drug-likeness (QED) is 0.742. The average Bonchev–Trinajstić information content (AvgIpc) is 2.14. The Morgan fingerprint density at radius 2 is 2.40 bits per heavy atom. The summed E-state index contributed by atoms with van der Waals surface area (Å²) in [4.78, 5) is 21.0. The number of hydrogen-bond acceptors (Lipinski definition) is 4. The number of carboxylic acids is 1. The minimum atomic E-state index is -1.02. The Kier molecular flexibility index (Phi) is 4.23. The molecule has 1 heterocycles. The fourth-order valence-corrected chi connectivity index (χ4v) is 1.73. The summed E-state index contributed by atoms with van der Waals surface area (Å²) < 4.78 is 4.99. The predicted molar refractivity (Wildman–Crippen MR) is 56.0 cm³/mol. The van der Waals surface area contributed by atoms with Crippen molar-refractivity contribution in [3.05, 3.63) is 22.9 Å². The maximum atomic E-state index is 10.8. The van der Waals surface area contributed by atoms with Gasteiger partial charge >= 0.3 is 5.97 Å². The van der Waals surface area contributed by atoms with Gasteiger partial charge < -0.3 is 15.2 Å². The van der Waals surface area contributed by atoms with Gasteiger partial charge in [-0.05, 0) is 0 Å². The van der Waals surface area contributed by atoms with Crippen molar-refractivity contribution in [1.29, 1.82) is 0 Å². The zero-order valence-electron chi connectivity index (χ0n) is 8.15. The molecule has 15 heavy (non-hydrogen) atoms. The van der Waals surface area contributed by atoms with Gasteiger partial charge in [-0.1, -0.05) is 17.8 Å². The Morgan fingerprint density at radius 1 is 1.67 bits per heavy atom. The molecule has 0 fully saturated rings. The van der Waals surface area contributed by atoms with E-state index in [4.69, 9.17) is 9.84 Å². The molecule has 1 aliphatic rings. The van der Waals surface area contributed by atoms with Crippen LogP contribution in [0.5, 0.6) is 0 Å². The summed E-state index contributed by atoms with van der Waals surface area (Å²) in [5.74, 6) is -0.532. The van der Waals surface area contributed by atoms with Crippen molar-refractivity contribution >= 4 is 23.6 Å². The maximum absolute atomic E-state index is 10.8. The van der Waals surface area contributed by atoms with Gasteiger partial charge in [-0.3, -0.25) is 4.79 Å². The molecular weight excluding hydrogens is 218 g/mol. The zero-order valence-corrected chi connectivity index (χ0v) is 8.97. The number of ether oxygens (including phenoxy) is 1. The largest absolute Gasteiger partial charge is 0.479 e. The molecule has 6 heteroatoms. The van der Waals surface area contributed by atoms with Crippen LogP contribution in [0, 0.1) is 0 Å². The van der Waals surface area contributed by atoms with Crippen LogP contribution in [0.2, 0.25) is 0 Å². The van der Waals surface area contributed by atoms with Gasteiger partial charge in [0.15, 0.2) is 11.7 Å². The average molecular weight is 229 g/mol. The normalized spacial score (nSPS) is 15.0. The number of amides is 1. The zero-order chi connectivity index (χ0) is 11.3. The van der Waals surface area contributed by atoms with Crippen molar-refractivity contribution in [2.75, 3.05) is 12.4 Å². The van der Waals surface area contributed by atoms with E-state index in [1.165, 1.54) is 18.7 Å². The van der Waals surface area contributed by atoms with Crippen LogP contribution < -0.4 is 5.32 Å². The van der Waals surface area contributed by atoms with Crippen LogP contribution >= 0.6 is 11.8 Å². The molecule has 0 aromatic carbocycles. The Balaban J connectivity index is 2.52. The first-order valence-electron chi connectivity index (χ1n) is 4.25. The van der Waals surface area contributed by atoms with Crippen molar-refractivity contribution in [2.24, 2.45) is 0 Å². The van der Waals surface area contributed by atoms with E-state index < -0.39 is 5.97 Å². The first-order valence-corrected chi connectivity index (χ1v) is 5.23. The smallest absolute Gasteiger partial charge is 0.341 e. The van der Waals surface area contributed by atoms with E-state index in [-0.39, 0.29) is 12.5 Å². The van der Waals surface area contributed by atoms with Crippen LogP contribution in [-0.2, 0) is 14.3 Å². The van der Waals surface area contributed by atoms with Gasteiger partial charge in [0.05, 0.1) is 0 Å². The summed E-state index contributed by atoms with van der Waals surface area (Å²) in [6.45, 7) is 1.04. The Hall–Kier alpha value is -1.43. The van der Waals surface area contributed by atoms with Crippen LogP contribution in [0.4, 0.5) is 0 Å². The number of hydrogen-bond donors (Lipinski definition) is 2. The van der Waals surface area contributed by atoms with Gasteiger partial charge in [0.2, 0.25) is 5.91 Å². The molecule has 1 amide bonds. The molecule has 0 aromatic heterocycles. The maximum Gasteiger partial charge on any atom is 0.341 e. The number of aliphatic carboxylic acids is 1. The molecule has 0 spiro atoms. The first-order chi connectivity index (χ1) is 7.08. The summed E-state index contributed by atoms with van der Waals surface area (Å²) in [6.07, 6.45) is 3.44. The summed E-state index contributed by atoms with van der Waals surface area (Å²) >= 11 is 1.38. The molecule has 0 radical (unpaired) electrons. The molecule has 0 aliphatic carbocycles. The molecule has 0 atom stereocenters. The van der Waals surface area contributed by atoms with E-state index in [1.807, 2.05) is 6.08 Å². The third-order valence-corrected chi connectivity index (χ3v) is 2.31. The second kappa shape index (κ2) is 5.45. The van der Waals surface area contributed by atoms with Gasteiger partial charge in [0, 0.05) is 24.4 Å². The molecule has 0 saturated carbocycles. The third-order valence-electron chi connectivity index (χ3n) is 1.46. The molecule has 0 unspecified atom stereocenters. The molecule has 0 bridgehead atoms. The van der Waals surface area contributed by atoms with Crippen molar-refractivity contribution in [3.63, 3.8) is 0 Å². The predicted octanol–water partition coefficient (Wildman–Crippen LogP) is 0.696. The van der Waals surface area contributed by atoms with E-state index in [0.717, 1.165) is 0 Å². The van der Waals surface area contributed by atoms with Crippen molar-refractivity contribution in [2.45, 2.75) is 6.92 Å². The molecule has 0 aromatic rings. The highest BCUT2D eigenvalue weighted by atomic mass is 32.2. The van der Waals surface area contributed by atoms with E-state index in [0.29, 0.717) is 16.5 Å². The molecule has 1 aliphatic heterocycles. The Labute approximate surface area is 91.2 Å². The van der Waals surface area contributed by atoms with Gasteiger partial charge in [0.25, 0.3) is 0 Å². The molecular formula is C9H11NO4S. The molecule has 5 nitrogen and oxygen atoms in total. The van der Waals surface area contributed by atoms with E-state index >= 15 is 0 Å². The topological polar surface area (TPSA) is 75.6 Å². The molecule has 82 valence electrons. The lowest BCUT2D eigenvalue weighted by molar-refractivity contribution is -0.140. The van der Waals surface area contributed by atoms with E-state index in [2.05, 4.69) is 5.32 Å². The number of carboxylic acid groups (broad SMARTS) is 1. The van der Waals surface area contributed by atoms with Crippen molar-refractivity contribution in [1.82, 2.24) is 5.32 Å². The van der Waals surface area contributed by atoms with Crippen LogP contribution in [0.15, 0.2) is 22.9 Å². The van der Waals surface area contributed by atoms with Crippen molar-refractivity contribution < 1.29 is 19.4 Å². The third kappa shape index (κ3) is 4.55. The minimum Gasteiger partial charge on any atom is -0.479 e. The minimum absolute atomic E-state index is 0.165. The lowest BCUT2D eigenvalue weighted by Crippen LogP contribution is -2.19. The van der Waals surface area contributed by atoms with Crippen LogP contribution in [0.3, 0.4) is 0 Å². The van der Waals surface area contributed by atoms with Gasteiger partial charge in [-0.15, -0.1) is 0 Å². The molecule has 0 saturated heterocycles. The highest BCUT2D eigenvalue weighted by Gasteiger charge is 2.09. The van der Waals surface area contributed by atoms with Gasteiger partial charge in [0.1, 0.15) is 0 Å².